The number of hydrogen-bond acceptors (Lipinski definition) is 5. The number of benzene rings is 1. The third kappa shape index (κ3) is 6.59. The van der Waals surface area contributed by atoms with Crippen LogP contribution in [-0.4, -0.2) is 53.8 Å². The zero-order chi connectivity index (χ0) is 22.2. The first-order valence-electron chi connectivity index (χ1n) is 12.1. The van der Waals surface area contributed by atoms with Gasteiger partial charge in [-0.3, -0.25) is 9.69 Å². The minimum Gasteiger partial charge on any atom is -0.486 e. The van der Waals surface area contributed by atoms with E-state index in [0.717, 1.165) is 31.2 Å². The van der Waals surface area contributed by atoms with E-state index in [0.29, 0.717) is 49.8 Å². The standard InChI is InChI=1S/C25H40N2O4/c1-4-5-6-7-8-9-24(28)26-21(17-27-18(2)10-11-19(27)3)25(29)20-12-13-22-23(16-20)31-15-14-30-22/h12-13,16,18-19,21,25,29H,4-11,14-15,17H2,1-3H3,(H,26,28)/t18-,19?,21-,25-/m1/s1. The van der Waals surface area contributed by atoms with Crippen LogP contribution in [0.4, 0.5) is 0 Å². The van der Waals surface area contributed by atoms with E-state index in [1.54, 1.807) is 0 Å². The Hall–Kier alpha value is -1.79. The molecule has 0 bridgehead atoms. The lowest BCUT2D eigenvalue weighted by Crippen LogP contribution is -2.49. The molecule has 0 radical (unpaired) electrons. The van der Waals surface area contributed by atoms with Crippen LogP contribution in [0.25, 0.3) is 0 Å². The molecule has 174 valence electrons. The van der Waals surface area contributed by atoms with Crippen molar-refractivity contribution >= 4 is 5.91 Å². The second kappa shape index (κ2) is 11.7. The van der Waals surface area contributed by atoms with Crippen LogP contribution >= 0.6 is 0 Å². The van der Waals surface area contributed by atoms with Gasteiger partial charge >= 0.3 is 0 Å². The number of carbonyl (C=O) groups excluding carboxylic acids is 1. The molecule has 1 unspecified atom stereocenters. The minimum absolute atomic E-state index is 0.0256. The number of nitrogens with zero attached hydrogens (tertiary/aromatic N) is 1. The van der Waals surface area contributed by atoms with E-state index in [-0.39, 0.29) is 11.9 Å². The molecule has 2 heterocycles. The fourth-order valence-electron chi connectivity index (χ4n) is 4.70. The summed E-state index contributed by atoms with van der Waals surface area (Å²) in [7, 11) is 0. The number of likely N-dealkylation sites (tertiary alicyclic amines) is 1. The zero-order valence-corrected chi connectivity index (χ0v) is 19.4. The number of ether oxygens (including phenoxy) is 2. The number of aliphatic hydroxyl groups excluding tert-OH is 1. The van der Waals surface area contributed by atoms with Crippen molar-refractivity contribution in [2.75, 3.05) is 19.8 Å². The lowest BCUT2D eigenvalue weighted by Gasteiger charge is -2.33. The van der Waals surface area contributed by atoms with Crippen molar-refractivity contribution in [2.45, 2.75) is 96.4 Å². The molecule has 1 saturated heterocycles. The third-order valence-electron chi connectivity index (χ3n) is 6.68. The van der Waals surface area contributed by atoms with E-state index < -0.39 is 6.10 Å². The van der Waals surface area contributed by atoms with Gasteiger partial charge in [0.2, 0.25) is 5.91 Å². The van der Waals surface area contributed by atoms with Crippen molar-refractivity contribution in [1.29, 1.82) is 0 Å². The average molecular weight is 433 g/mol. The Bertz CT molecular complexity index is 701. The highest BCUT2D eigenvalue weighted by Crippen LogP contribution is 2.34. The Morgan fingerprint density at radius 1 is 1.10 bits per heavy atom. The second-order valence-electron chi connectivity index (χ2n) is 9.16. The number of aliphatic hydroxyl groups is 1. The first-order chi connectivity index (χ1) is 15.0. The number of carbonyl (C=O) groups is 1. The van der Waals surface area contributed by atoms with Gasteiger partial charge in [0, 0.05) is 25.0 Å². The maximum atomic E-state index is 12.7. The van der Waals surface area contributed by atoms with Gasteiger partial charge in [-0.25, -0.2) is 0 Å². The molecule has 6 heteroatoms. The summed E-state index contributed by atoms with van der Waals surface area (Å²) in [5, 5.41) is 14.4. The summed E-state index contributed by atoms with van der Waals surface area (Å²) in [5.74, 6) is 1.39. The molecule has 2 N–H and O–H groups in total. The van der Waals surface area contributed by atoms with Crippen LogP contribution in [0, 0.1) is 0 Å². The van der Waals surface area contributed by atoms with Gasteiger partial charge in [0.25, 0.3) is 0 Å². The maximum absolute atomic E-state index is 12.7. The molecular weight excluding hydrogens is 392 g/mol. The van der Waals surface area contributed by atoms with E-state index in [9.17, 15) is 9.90 Å². The van der Waals surface area contributed by atoms with Crippen LogP contribution in [0.1, 0.15) is 83.8 Å². The first-order valence-corrected chi connectivity index (χ1v) is 12.1. The Balaban J connectivity index is 1.68. The Morgan fingerprint density at radius 2 is 1.77 bits per heavy atom. The molecule has 2 aliphatic rings. The summed E-state index contributed by atoms with van der Waals surface area (Å²) in [5.41, 5.74) is 0.747. The highest BCUT2D eigenvalue weighted by molar-refractivity contribution is 5.76. The molecule has 1 aromatic rings. The summed E-state index contributed by atoms with van der Waals surface area (Å²) in [6, 6.07) is 6.11. The van der Waals surface area contributed by atoms with Gasteiger partial charge in [-0.2, -0.15) is 0 Å². The normalized spacial score (nSPS) is 22.8. The van der Waals surface area contributed by atoms with Crippen LogP contribution in [0.5, 0.6) is 11.5 Å². The molecule has 31 heavy (non-hydrogen) atoms. The van der Waals surface area contributed by atoms with Crippen molar-refractivity contribution in [3.8, 4) is 11.5 Å². The fourth-order valence-corrected chi connectivity index (χ4v) is 4.70. The van der Waals surface area contributed by atoms with Crippen molar-refractivity contribution in [3.63, 3.8) is 0 Å². The Labute approximate surface area is 187 Å². The van der Waals surface area contributed by atoms with Gasteiger partial charge in [0.1, 0.15) is 19.3 Å². The fraction of sp³-hybridized carbons (Fsp3) is 0.720. The highest BCUT2D eigenvalue weighted by atomic mass is 16.6. The lowest BCUT2D eigenvalue weighted by molar-refractivity contribution is -0.123. The van der Waals surface area contributed by atoms with Gasteiger partial charge in [-0.05, 0) is 50.8 Å². The average Bonchev–Trinajstić information content (AvgIpc) is 3.09. The van der Waals surface area contributed by atoms with Crippen LogP contribution in [-0.2, 0) is 4.79 Å². The number of rotatable bonds is 11. The predicted octanol–water partition coefficient (Wildman–Crippen LogP) is 4.21. The molecule has 0 aliphatic carbocycles. The van der Waals surface area contributed by atoms with Crippen LogP contribution in [0.3, 0.4) is 0 Å². The number of amides is 1. The smallest absolute Gasteiger partial charge is 0.220 e. The Morgan fingerprint density at radius 3 is 2.48 bits per heavy atom. The maximum Gasteiger partial charge on any atom is 0.220 e. The third-order valence-corrected chi connectivity index (χ3v) is 6.68. The topological polar surface area (TPSA) is 71.0 Å². The number of unbranched alkanes of at least 4 members (excludes halogenated alkanes) is 4. The molecule has 1 amide bonds. The molecule has 1 fully saturated rings. The van der Waals surface area contributed by atoms with E-state index in [4.69, 9.17) is 9.47 Å². The number of fused-ring (bicyclic) bond motifs is 1. The van der Waals surface area contributed by atoms with Crippen molar-refractivity contribution < 1.29 is 19.4 Å². The van der Waals surface area contributed by atoms with Crippen LogP contribution in [0.2, 0.25) is 0 Å². The molecule has 1 aromatic carbocycles. The second-order valence-corrected chi connectivity index (χ2v) is 9.16. The minimum atomic E-state index is -0.806. The van der Waals surface area contributed by atoms with Crippen molar-refractivity contribution in [2.24, 2.45) is 0 Å². The van der Waals surface area contributed by atoms with Gasteiger partial charge in [0.05, 0.1) is 6.04 Å². The van der Waals surface area contributed by atoms with E-state index >= 15 is 0 Å². The van der Waals surface area contributed by atoms with E-state index in [1.165, 1.54) is 19.3 Å². The summed E-state index contributed by atoms with van der Waals surface area (Å²) in [6.07, 6.45) is 7.58. The van der Waals surface area contributed by atoms with Crippen molar-refractivity contribution in [1.82, 2.24) is 10.2 Å². The summed E-state index contributed by atoms with van der Waals surface area (Å²) >= 11 is 0. The Kier molecular flexibility index (Phi) is 9.02. The quantitative estimate of drug-likeness (QED) is 0.513. The highest BCUT2D eigenvalue weighted by Gasteiger charge is 2.33. The number of nitrogens with one attached hydrogen (secondary N) is 1. The van der Waals surface area contributed by atoms with Gasteiger partial charge in [-0.1, -0.05) is 38.7 Å². The molecule has 3 rings (SSSR count). The molecule has 2 aliphatic heterocycles. The van der Waals surface area contributed by atoms with E-state index in [2.05, 4.69) is 31.0 Å². The monoisotopic (exact) mass is 432 g/mol. The van der Waals surface area contributed by atoms with Gasteiger partial charge in [-0.15, -0.1) is 0 Å². The predicted molar refractivity (Wildman–Crippen MR) is 123 cm³/mol. The number of hydrogen-bond donors (Lipinski definition) is 2. The lowest BCUT2D eigenvalue weighted by atomic mass is 10.00. The zero-order valence-electron chi connectivity index (χ0n) is 19.4. The van der Waals surface area contributed by atoms with Crippen molar-refractivity contribution in [3.05, 3.63) is 23.8 Å². The van der Waals surface area contributed by atoms with Gasteiger partial charge in [0.15, 0.2) is 11.5 Å². The SMILES string of the molecule is CCCCCCCC(=O)N[C@H](CN1C(C)CC[C@H]1C)[C@H](O)c1ccc2c(c1)OCCO2. The first kappa shape index (κ1) is 23.9. The largest absolute Gasteiger partial charge is 0.486 e. The summed E-state index contributed by atoms with van der Waals surface area (Å²) in [6.45, 7) is 8.33. The summed E-state index contributed by atoms with van der Waals surface area (Å²) < 4.78 is 11.3. The molecule has 0 saturated carbocycles. The van der Waals surface area contributed by atoms with Gasteiger partial charge < -0.3 is 19.9 Å². The molecule has 0 aromatic heterocycles. The molecule has 4 atom stereocenters. The molecular formula is C25H40N2O4. The molecule has 0 spiro atoms. The van der Waals surface area contributed by atoms with Crippen LogP contribution in [0.15, 0.2) is 18.2 Å². The molecule has 6 nitrogen and oxygen atoms in total. The van der Waals surface area contributed by atoms with Crippen LogP contribution < -0.4 is 14.8 Å². The summed E-state index contributed by atoms with van der Waals surface area (Å²) in [4.78, 5) is 15.1. The van der Waals surface area contributed by atoms with E-state index in [1.807, 2.05) is 18.2 Å².